The summed E-state index contributed by atoms with van der Waals surface area (Å²) in [7, 11) is 0. The Labute approximate surface area is 112 Å². The van der Waals surface area contributed by atoms with Gasteiger partial charge in [0.1, 0.15) is 5.69 Å². The fraction of sp³-hybridized carbons (Fsp3) is 0.267. The summed E-state index contributed by atoms with van der Waals surface area (Å²) in [5.74, 6) is 0. The highest BCUT2D eigenvalue weighted by atomic mass is 15.1. The number of aryl methyl sites for hydroxylation is 1. The average Bonchev–Trinajstić information content (AvgIpc) is 2.92. The fourth-order valence-corrected chi connectivity index (χ4v) is 2.17. The number of nitrogens with one attached hydrogen (secondary N) is 2. The van der Waals surface area contributed by atoms with Gasteiger partial charge in [-0.25, -0.2) is 0 Å². The molecule has 0 bridgehead atoms. The second-order valence-electron chi connectivity index (χ2n) is 5.66. The number of benzene rings is 1. The van der Waals surface area contributed by atoms with Crippen LogP contribution in [0.5, 0.6) is 0 Å². The molecule has 0 aliphatic carbocycles. The molecule has 0 radical (unpaired) electrons. The zero-order valence-electron chi connectivity index (χ0n) is 11.4. The second-order valence-corrected chi connectivity index (χ2v) is 5.66. The zero-order chi connectivity index (χ0) is 13.6. The molecule has 1 aromatic carbocycles. The third kappa shape index (κ3) is 2.15. The van der Waals surface area contributed by atoms with E-state index in [0.717, 1.165) is 22.6 Å². The van der Waals surface area contributed by atoms with Gasteiger partial charge in [-0.2, -0.15) is 5.10 Å². The quantitative estimate of drug-likeness (QED) is 0.657. The van der Waals surface area contributed by atoms with E-state index < -0.39 is 5.54 Å². The van der Waals surface area contributed by atoms with Crippen molar-refractivity contribution in [1.82, 2.24) is 15.2 Å². The highest BCUT2D eigenvalue weighted by molar-refractivity contribution is 5.85. The van der Waals surface area contributed by atoms with Crippen LogP contribution in [0.25, 0.3) is 22.3 Å². The molecule has 3 rings (SSSR count). The van der Waals surface area contributed by atoms with Crippen LogP contribution < -0.4 is 5.73 Å². The monoisotopic (exact) mass is 254 g/mol. The predicted molar refractivity (Wildman–Crippen MR) is 77.8 cm³/mol. The third-order valence-electron chi connectivity index (χ3n) is 3.33. The smallest absolute Gasteiger partial charge is 0.109 e. The molecule has 3 aromatic rings. The first-order valence-corrected chi connectivity index (χ1v) is 6.38. The number of H-pyrrole nitrogens is 2. The molecule has 0 fully saturated rings. The lowest BCUT2D eigenvalue weighted by molar-refractivity contribution is 0.533. The maximum atomic E-state index is 6.06. The summed E-state index contributed by atoms with van der Waals surface area (Å²) in [6.07, 6.45) is 0. The number of aromatic amines is 2. The molecule has 0 amide bonds. The van der Waals surface area contributed by atoms with Crippen molar-refractivity contribution in [1.29, 1.82) is 0 Å². The van der Waals surface area contributed by atoms with Gasteiger partial charge in [0, 0.05) is 10.9 Å². The molecule has 0 unspecified atom stereocenters. The molecule has 2 aromatic heterocycles. The van der Waals surface area contributed by atoms with Gasteiger partial charge in [-0.05, 0) is 44.5 Å². The van der Waals surface area contributed by atoms with Crippen molar-refractivity contribution in [2.45, 2.75) is 26.3 Å². The lowest BCUT2D eigenvalue weighted by Gasteiger charge is -2.14. The third-order valence-corrected chi connectivity index (χ3v) is 3.33. The summed E-state index contributed by atoms with van der Waals surface area (Å²) in [6.45, 7) is 6.00. The van der Waals surface area contributed by atoms with Crippen molar-refractivity contribution >= 4 is 10.9 Å². The minimum absolute atomic E-state index is 0.409. The SMILES string of the molecule is Cc1ccc2cc(-c3cc(C(C)(C)N)[nH]n3)[nH]c2c1. The molecule has 0 saturated heterocycles. The highest BCUT2D eigenvalue weighted by Gasteiger charge is 2.18. The Kier molecular flexibility index (Phi) is 2.50. The molecule has 0 aliphatic rings. The summed E-state index contributed by atoms with van der Waals surface area (Å²) in [6, 6.07) is 10.5. The number of rotatable bonds is 2. The van der Waals surface area contributed by atoms with Crippen molar-refractivity contribution in [2.24, 2.45) is 5.73 Å². The number of hydrogen-bond donors (Lipinski definition) is 3. The van der Waals surface area contributed by atoms with Crippen molar-refractivity contribution in [2.75, 3.05) is 0 Å². The highest BCUT2D eigenvalue weighted by Crippen LogP contribution is 2.25. The molecule has 0 atom stereocenters. The summed E-state index contributed by atoms with van der Waals surface area (Å²) in [5.41, 5.74) is 10.9. The Balaban J connectivity index is 2.07. The number of nitrogens with zero attached hydrogens (tertiary/aromatic N) is 1. The zero-order valence-corrected chi connectivity index (χ0v) is 11.4. The van der Waals surface area contributed by atoms with Crippen LogP contribution in [0.15, 0.2) is 30.3 Å². The van der Waals surface area contributed by atoms with Crippen LogP contribution in [-0.4, -0.2) is 15.2 Å². The Morgan fingerprint density at radius 3 is 2.63 bits per heavy atom. The topological polar surface area (TPSA) is 70.5 Å². The Bertz CT molecular complexity index is 728. The molecular weight excluding hydrogens is 236 g/mol. The van der Waals surface area contributed by atoms with E-state index in [0.29, 0.717) is 0 Å². The second kappa shape index (κ2) is 3.96. The Morgan fingerprint density at radius 1 is 1.16 bits per heavy atom. The van der Waals surface area contributed by atoms with Crippen LogP contribution in [0.4, 0.5) is 0 Å². The summed E-state index contributed by atoms with van der Waals surface area (Å²) in [4.78, 5) is 3.39. The normalized spacial score (nSPS) is 12.2. The summed E-state index contributed by atoms with van der Waals surface area (Å²) < 4.78 is 0. The molecule has 4 N–H and O–H groups in total. The molecule has 0 aliphatic heterocycles. The van der Waals surface area contributed by atoms with E-state index in [1.807, 2.05) is 19.9 Å². The van der Waals surface area contributed by atoms with Gasteiger partial charge in [-0.1, -0.05) is 12.1 Å². The van der Waals surface area contributed by atoms with Crippen LogP contribution >= 0.6 is 0 Å². The minimum atomic E-state index is -0.409. The Morgan fingerprint density at radius 2 is 1.95 bits per heavy atom. The molecule has 4 heteroatoms. The largest absolute Gasteiger partial charge is 0.353 e. The van der Waals surface area contributed by atoms with E-state index in [9.17, 15) is 0 Å². The molecular formula is C15H18N4. The number of hydrogen-bond acceptors (Lipinski definition) is 2. The maximum Gasteiger partial charge on any atom is 0.109 e. The van der Waals surface area contributed by atoms with E-state index >= 15 is 0 Å². The number of fused-ring (bicyclic) bond motifs is 1. The molecule has 98 valence electrons. The van der Waals surface area contributed by atoms with Gasteiger partial charge < -0.3 is 10.7 Å². The van der Waals surface area contributed by atoms with E-state index in [1.54, 1.807) is 0 Å². The summed E-state index contributed by atoms with van der Waals surface area (Å²) >= 11 is 0. The molecule has 4 nitrogen and oxygen atoms in total. The van der Waals surface area contributed by atoms with E-state index in [-0.39, 0.29) is 0 Å². The first-order valence-electron chi connectivity index (χ1n) is 6.38. The number of nitrogens with two attached hydrogens (primary N) is 1. The van der Waals surface area contributed by atoms with Crippen molar-refractivity contribution in [3.05, 3.63) is 41.6 Å². The van der Waals surface area contributed by atoms with Gasteiger partial charge in [-0.3, -0.25) is 5.10 Å². The average molecular weight is 254 g/mol. The van der Waals surface area contributed by atoms with Crippen LogP contribution in [0.3, 0.4) is 0 Å². The van der Waals surface area contributed by atoms with Gasteiger partial charge in [0.25, 0.3) is 0 Å². The van der Waals surface area contributed by atoms with Gasteiger partial charge in [0.15, 0.2) is 0 Å². The van der Waals surface area contributed by atoms with Gasteiger partial charge in [0.05, 0.1) is 16.9 Å². The summed E-state index contributed by atoms with van der Waals surface area (Å²) in [5, 5.41) is 8.53. The van der Waals surface area contributed by atoms with Gasteiger partial charge in [-0.15, -0.1) is 0 Å². The standard InChI is InChI=1S/C15H18N4/c1-9-4-5-10-7-12(17-11(10)6-9)13-8-14(19-18-13)15(2,3)16/h4-8,17H,16H2,1-3H3,(H,18,19). The molecule has 19 heavy (non-hydrogen) atoms. The van der Waals surface area contributed by atoms with E-state index in [4.69, 9.17) is 5.73 Å². The first-order chi connectivity index (χ1) is 8.93. The van der Waals surface area contributed by atoms with Gasteiger partial charge >= 0.3 is 0 Å². The fourth-order valence-electron chi connectivity index (χ4n) is 2.17. The van der Waals surface area contributed by atoms with Crippen molar-refractivity contribution in [3.63, 3.8) is 0 Å². The lowest BCUT2D eigenvalue weighted by Crippen LogP contribution is -2.28. The van der Waals surface area contributed by atoms with Crippen molar-refractivity contribution < 1.29 is 0 Å². The number of aromatic nitrogens is 3. The lowest BCUT2D eigenvalue weighted by atomic mass is 10.0. The first kappa shape index (κ1) is 12.0. The van der Waals surface area contributed by atoms with Crippen LogP contribution in [0.2, 0.25) is 0 Å². The minimum Gasteiger partial charge on any atom is -0.353 e. The van der Waals surface area contributed by atoms with Crippen molar-refractivity contribution in [3.8, 4) is 11.4 Å². The molecule has 0 saturated carbocycles. The molecule has 2 heterocycles. The van der Waals surface area contributed by atoms with Gasteiger partial charge in [0.2, 0.25) is 0 Å². The predicted octanol–water partition coefficient (Wildman–Crippen LogP) is 3.06. The van der Waals surface area contributed by atoms with E-state index in [1.165, 1.54) is 10.9 Å². The van der Waals surface area contributed by atoms with Crippen LogP contribution in [0, 0.1) is 6.92 Å². The maximum absolute atomic E-state index is 6.06. The van der Waals surface area contributed by atoms with E-state index in [2.05, 4.69) is 46.4 Å². The Hall–Kier alpha value is -2.07. The van der Waals surface area contributed by atoms with Crippen LogP contribution in [-0.2, 0) is 5.54 Å². The molecule has 0 spiro atoms. The van der Waals surface area contributed by atoms with Crippen LogP contribution in [0.1, 0.15) is 25.1 Å².